The predicted octanol–water partition coefficient (Wildman–Crippen LogP) is 1.13. The summed E-state index contributed by atoms with van der Waals surface area (Å²) in [6.07, 6.45) is 2.78. The van der Waals surface area contributed by atoms with Crippen LogP contribution in [0.2, 0.25) is 0 Å². The van der Waals surface area contributed by atoms with Crippen LogP contribution < -0.4 is 11.5 Å². The summed E-state index contributed by atoms with van der Waals surface area (Å²) in [5, 5.41) is 3.99. The summed E-state index contributed by atoms with van der Waals surface area (Å²) < 4.78 is 15.1. The van der Waals surface area contributed by atoms with Gasteiger partial charge < -0.3 is 11.5 Å². The van der Waals surface area contributed by atoms with E-state index in [1.165, 1.54) is 23.1 Å². The van der Waals surface area contributed by atoms with Crippen LogP contribution in [-0.2, 0) is 0 Å². The molecule has 94 valence electrons. The Morgan fingerprint density at radius 3 is 2.78 bits per heavy atom. The Labute approximate surface area is 103 Å². The molecule has 4 N–H and O–H groups in total. The number of hydrogen-bond donors (Lipinski definition) is 2. The molecule has 0 radical (unpaired) electrons. The van der Waals surface area contributed by atoms with E-state index in [0.29, 0.717) is 11.3 Å². The van der Waals surface area contributed by atoms with Gasteiger partial charge in [-0.1, -0.05) is 6.07 Å². The second-order valence-electron chi connectivity index (χ2n) is 4.00. The van der Waals surface area contributed by atoms with E-state index in [9.17, 15) is 9.18 Å². The topological polar surface area (TPSA) is 86.9 Å². The van der Waals surface area contributed by atoms with Gasteiger partial charge in [-0.3, -0.25) is 4.79 Å². The Balaban J connectivity index is 2.56. The van der Waals surface area contributed by atoms with Crippen LogP contribution in [0.1, 0.15) is 28.9 Å². The van der Waals surface area contributed by atoms with Crippen LogP contribution >= 0.6 is 0 Å². The molecule has 0 aliphatic rings. The highest BCUT2D eigenvalue weighted by atomic mass is 19.1. The molecule has 1 unspecified atom stereocenters. The summed E-state index contributed by atoms with van der Waals surface area (Å²) in [5.74, 6) is -0.987. The van der Waals surface area contributed by atoms with Crippen molar-refractivity contribution in [2.75, 3.05) is 0 Å². The van der Waals surface area contributed by atoms with Crippen molar-refractivity contribution in [3.05, 3.63) is 47.5 Å². The van der Waals surface area contributed by atoms with Crippen molar-refractivity contribution in [1.82, 2.24) is 9.78 Å². The molecule has 5 nitrogen and oxygen atoms in total. The van der Waals surface area contributed by atoms with E-state index in [-0.39, 0.29) is 5.56 Å². The van der Waals surface area contributed by atoms with Gasteiger partial charge in [-0.05, 0) is 19.1 Å². The highest BCUT2D eigenvalue weighted by molar-refractivity contribution is 5.92. The third-order valence-corrected chi connectivity index (χ3v) is 2.60. The molecule has 18 heavy (non-hydrogen) atoms. The molecule has 0 bridgehead atoms. The highest BCUT2D eigenvalue weighted by Crippen LogP contribution is 2.23. The lowest BCUT2D eigenvalue weighted by Crippen LogP contribution is -2.13. The summed E-state index contributed by atoms with van der Waals surface area (Å²) in [4.78, 5) is 11.0. The van der Waals surface area contributed by atoms with Crippen LogP contribution in [0.4, 0.5) is 4.39 Å². The summed E-state index contributed by atoms with van der Waals surface area (Å²) in [6.45, 7) is 1.68. The maximum absolute atomic E-state index is 13.7. The predicted molar refractivity (Wildman–Crippen MR) is 64.6 cm³/mol. The Morgan fingerprint density at radius 1 is 1.50 bits per heavy atom. The Bertz CT molecular complexity index is 592. The Hall–Kier alpha value is -2.21. The average molecular weight is 248 g/mol. The minimum Gasteiger partial charge on any atom is -0.366 e. The zero-order valence-electron chi connectivity index (χ0n) is 9.80. The number of carbonyl (C=O) groups is 1. The van der Waals surface area contributed by atoms with E-state index in [1.54, 1.807) is 19.1 Å². The second kappa shape index (κ2) is 4.58. The molecule has 1 heterocycles. The van der Waals surface area contributed by atoms with Crippen molar-refractivity contribution in [2.24, 2.45) is 11.5 Å². The van der Waals surface area contributed by atoms with Crippen molar-refractivity contribution in [3.63, 3.8) is 0 Å². The molecule has 2 aromatic rings. The number of aromatic nitrogens is 2. The molecule has 6 heteroatoms. The summed E-state index contributed by atoms with van der Waals surface area (Å²) >= 11 is 0. The molecule has 1 aromatic carbocycles. The van der Waals surface area contributed by atoms with Crippen molar-refractivity contribution in [3.8, 4) is 5.69 Å². The molecule has 0 fully saturated rings. The number of nitrogens with zero attached hydrogens (tertiary/aromatic N) is 2. The van der Waals surface area contributed by atoms with E-state index in [4.69, 9.17) is 11.5 Å². The number of benzene rings is 1. The quantitative estimate of drug-likeness (QED) is 0.853. The number of halogens is 1. The largest absolute Gasteiger partial charge is 0.366 e. The van der Waals surface area contributed by atoms with Crippen LogP contribution in [0.25, 0.3) is 5.69 Å². The van der Waals surface area contributed by atoms with Crippen molar-refractivity contribution >= 4 is 5.91 Å². The molecular formula is C12H13FN4O. The van der Waals surface area contributed by atoms with Crippen molar-refractivity contribution < 1.29 is 9.18 Å². The summed E-state index contributed by atoms with van der Waals surface area (Å²) in [7, 11) is 0. The molecule has 1 amide bonds. The Kier molecular flexibility index (Phi) is 3.12. The van der Waals surface area contributed by atoms with Gasteiger partial charge in [0.15, 0.2) is 0 Å². The van der Waals surface area contributed by atoms with E-state index >= 15 is 0 Å². The van der Waals surface area contributed by atoms with E-state index in [1.807, 2.05) is 0 Å². The summed E-state index contributed by atoms with van der Waals surface area (Å²) in [5.41, 5.74) is 12.0. The van der Waals surface area contributed by atoms with Gasteiger partial charge in [-0.15, -0.1) is 0 Å². The maximum atomic E-state index is 13.7. The molecule has 1 aromatic heterocycles. The van der Waals surface area contributed by atoms with Crippen LogP contribution in [0.15, 0.2) is 30.6 Å². The standard InChI is InChI=1S/C12H13FN4O/c1-7(14)11-9(13)3-2-4-10(11)17-6-8(5-16-17)12(15)18/h2-7H,14H2,1H3,(H2,15,18). The minimum absolute atomic E-state index is 0.259. The monoisotopic (exact) mass is 248 g/mol. The molecule has 0 saturated carbocycles. The number of carbonyl (C=O) groups excluding carboxylic acids is 1. The van der Waals surface area contributed by atoms with Gasteiger partial charge in [0.1, 0.15) is 5.82 Å². The van der Waals surface area contributed by atoms with Gasteiger partial charge in [0.2, 0.25) is 0 Å². The highest BCUT2D eigenvalue weighted by Gasteiger charge is 2.15. The first-order valence-corrected chi connectivity index (χ1v) is 5.39. The first kappa shape index (κ1) is 12.3. The third kappa shape index (κ3) is 2.10. The zero-order chi connectivity index (χ0) is 13.3. The molecule has 0 aliphatic carbocycles. The number of primary amides is 1. The molecule has 2 rings (SSSR count). The fraction of sp³-hybridized carbons (Fsp3) is 0.167. The lowest BCUT2D eigenvalue weighted by atomic mass is 10.1. The van der Waals surface area contributed by atoms with Gasteiger partial charge in [0, 0.05) is 17.8 Å². The Morgan fingerprint density at radius 2 is 2.22 bits per heavy atom. The fourth-order valence-corrected chi connectivity index (χ4v) is 1.76. The normalized spacial score (nSPS) is 12.4. The van der Waals surface area contributed by atoms with E-state index < -0.39 is 17.8 Å². The molecule has 0 spiro atoms. The number of rotatable bonds is 3. The van der Waals surface area contributed by atoms with Crippen LogP contribution in [0.3, 0.4) is 0 Å². The molecule has 0 saturated heterocycles. The van der Waals surface area contributed by atoms with Crippen molar-refractivity contribution in [1.29, 1.82) is 0 Å². The van der Waals surface area contributed by atoms with E-state index in [2.05, 4.69) is 5.10 Å². The van der Waals surface area contributed by atoms with Gasteiger partial charge >= 0.3 is 0 Å². The lowest BCUT2D eigenvalue weighted by molar-refractivity contribution is 0.100. The average Bonchev–Trinajstić information content (AvgIpc) is 2.77. The van der Waals surface area contributed by atoms with Crippen LogP contribution in [-0.4, -0.2) is 15.7 Å². The zero-order valence-corrected chi connectivity index (χ0v) is 9.80. The minimum atomic E-state index is -0.583. The first-order valence-electron chi connectivity index (χ1n) is 5.39. The first-order chi connectivity index (χ1) is 8.50. The van der Waals surface area contributed by atoms with Gasteiger partial charge in [-0.25, -0.2) is 9.07 Å². The maximum Gasteiger partial charge on any atom is 0.251 e. The fourth-order valence-electron chi connectivity index (χ4n) is 1.76. The van der Waals surface area contributed by atoms with Gasteiger partial charge in [0.05, 0.1) is 17.4 Å². The van der Waals surface area contributed by atoms with Gasteiger partial charge in [-0.2, -0.15) is 5.10 Å². The number of nitrogens with two attached hydrogens (primary N) is 2. The van der Waals surface area contributed by atoms with E-state index in [0.717, 1.165) is 0 Å². The van der Waals surface area contributed by atoms with Crippen molar-refractivity contribution in [2.45, 2.75) is 13.0 Å². The molecule has 1 atom stereocenters. The molecule has 0 aliphatic heterocycles. The molecular weight excluding hydrogens is 235 g/mol. The second-order valence-corrected chi connectivity index (χ2v) is 4.00. The van der Waals surface area contributed by atoms with Gasteiger partial charge in [0.25, 0.3) is 5.91 Å². The SMILES string of the molecule is CC(N)c1c(F)cccc1-n1cc(C(N)=O)cn1. The van der Waals surface area contributed by atoms with Crippen LogP contribution in [0, 0.1) is 5.82 Å². The number of amides is 1. The summed E-state index contributed by atoms with van der Waals surface area (Å²) in [6, 6.07) is 4.09. The number of hydrogen-bond acceptors (Lipinski definition) is 3. The smallest absolute Gasteiger partial charge is 0.251 e. The van der Waals surface area contributed by atoms with Crippen LogP contribution in [0.5, 0.6) is 0 Å². The third-order valence-electron chi connectivity index (χ3n) is 2.60. The lowest BCUT2D eigenvalue weighted by Gasteiger charge is -2.13.